The molecule has 134 valence electrons. The highest BCUT2D eigenvalue weighted by Gasteiger charge is 2.32. The van der Waals surface area contributed by atoms with Gasteiger partial charge in [-0.3, -0.25) is 14.8 Å². The van der Waals surface area contributed by atoms with Crippen molar-refractivity contribution in [2.24, 2.45) is 5.10 Å². The number of nitrogens with one attached hydrogen (secondary N) is 1. The molecule has 1 aliphatic heterocycles. The highest BCUT2D eigenvalue weighted by atomic mass is 16.2. The summed E-state index contributed by atoms with van der Waals surface area (Å²) >= 11 is 0. The number of amides is 1. The minimum Gasteiger partial charge on any atom is -0.347 e. The molecule has 1 aliphatic rings. The summed E-state index contributed by atoms with van der Waals surface area (Å²) in [4.78, 5) is 16.8. The van der Waals surface area contributed by atoms with Gasteiger partial charge in [0.1, 0.15) is 5.71 Å². The zero-order valence-electron chi connectivity index (χ0n) is 14.8. The van der Waals surface area contributed by atoms with Crippen LogP contribution in [0.1, 0.15) is 23.6 Å². The van der Waals surface area contributed by atoms with Crippen molar-refractivity contribution in [3.8, 4) is 0 Å². The summed E-state index contributed by atoms with van der Waals surface area (Å²) in [7, 11) is 0. The third kappa shape index (κ3) is 3.87. The summed E-state index contributed by atoms with van der Waals surface area (Å²) in [6.45, 7) is 0.438. The van der Waals surface area contributed by atoms with Crippen molar-refractivity contribution in [3.63, 3.8) is 0 Å². The van der Waals surface area contributed by atoms with Gasteiger partial charge in [0, 0.05) is 25.4 Å². The Morgan fingerprint density at radius 2 is 1.74 bits per heavy atom. The maximum atomic E-state index is 12.7. The predicted octanol–water partition coefficient (Wildman–Crippen LogP) is 3.71. The highest BCUT2D eigenvalue weighted by Crippen LogP contribution is 2.34. The van der Waals surface area contributed by atoms with Crippen LogP contribution in [0.15, 0.2) is 90.3 Å². The van der Waals surface area contributed by atoms with Gasteiger partial charge in [-0.1, -0.05) is 54.6 Å². The van der Waals surface area contributed by atoms with Crippen LogP contribution in [0.25, 0.3) is 0 Å². The standard InChI is InChI=1S/C22H20N4O/c27-22(24-16-17-8-7-13-23-15-17)20-14-21(18-9-3-1-4-10-18)26(25-20)19-11-5-2-6-12-19/h1-13,15,21H,14,16H2,(H,24,27). The van der Waals surface area contributed by atoms with E-state index < -0.39 is 0 Å². The lowest BCUT2D eigenvalue weighted by atomic mass is 10.0. The van der Waals surface area contributed by atoms with Gasteiger partial charge in [-0.15, -0.1) is 0 Å². The van der Waals surface area contributed by atoms with E-state index in [-0.39, 0.29) is 11.9 Å². The van der Waals surface area contributed by atoms with E-state index >= 15 is 0 Å². The van der Waals surface area contributed by atoms with Gasteiger partial charge in [0.25, 0.3) is 5.91 Å². The number of pyridine rings is 1. The second kappa shape index (κ2) is 7.83. The summed E-state index contributed by atoms with van der Waals surface area (Å²) in [6, 6.07) is 23.9. The van der Waals surface area contributed by atoms with Gasteiger partial charge in [-0.05, 0) is 29.3 Å². The minimum atomic E-state index is -0.141. The number of hydrogen-bond acceptors (Lipinski definition) is 4. The summed E-state index contributed by atoms with van der Waals surface area (Å²) in [5.41, 5.74) is 3.61. The third-order valence-electron chi connectivity index (χ3n) is 4.55. The second-order valence-corrected chi connectivity index (χ2v) is 6.40. The Morgan fingerprint density at radius 3 is 2.44 bits per heavy atom. The number of hydrogen-bond donors (Lipinski definition) is 1. The third-order valence-corrected chi connectivity index (χ3v) is 4.55. The molecule has 5 heteroatoms. The van der Waals surface area contributed by atoms with Crippen LogP contribution >= 0.6 is 0 Å². The first-order chi connectivity index (χ1) is 13.3. The van der Waals surface area contributed by atoms with Gasteiger partial charge in [0.05, 0.1) is 11.7 Å². The number of anilines is 1. The fourth-order valence-corrected chi connectivity index (χ4v) is 3.19. The molecule has 0 saturated heterocycles. The molecule has 5 nitrogen and oxygen atoms in total. The van der Waals surface area contributed by atoms with Crippen LogP contribution in [0.4, 0.5) is 5.69 Å². The second-order valence-electron chi connectivity index (χ2n) is 6.40. The molecule has 3 aromatic rings. The molecule has 0 bridgehead atoms. The Morgan fingerprint density at radius 1 is 1.00 bits per heavy atom. The van der Waals surface area contributed by atoms with Gasteiger partial charge in [-0.2, -0.15) is 5.10 Å². The molecule has 0 spiro atoms. The number of nitrogens with zero attached hydrogens (tertiary/aromatic N) is 3. The number of hydrazone groups is 1. The van der Waals surface area contributed by atoms with E-state index in [2.05, 4.69) is 27.5 Å². The Bertz CT molecular complexity index is 926. The van der Waals surface area contributed by atoms with E-state index in [1.54, 1.807) is 12.4 Å². The van der Waals surface area contributed by atoms with Crippen LogP contribution in [0.2, 0.25) is 0 Å². The maximum Gasteiger partial charge on any atom is 0.267 e. The first kappa shape index (κ1) is 17.0. The van der Waals surface area contributed by atoms with Crippen molar-refractivity contribution in [2.45, 2.75) is 19.0 Å². The van der Waals surface area contributed by atoms with Crippen LogP contribution in [-0.4, -0.2) is 16.6 Å². The average Bonchev–Trinajstić information content (AvgIpc) is 3.20. The van der Waals surface area contributed by atoms with Crippen LogP contribution in [0, 0.1) is 0 Å². The summed E-state index contributed by atoms with van der Waals surface area (Å²) in [6.07, 6.45) is 4.03. The lowest BCUT2D eigenvalue weighted by Crippen LogP contribution is -2.29. The number of rotatable bonds is 5. The fraction of sp³-hybridized carbons (Fsp3) is 0.136. The molecule has 0 aliphatic carbocycles. The van der Waals surface area contributed by atoms with E-state index in [1.807, 2.05) is 65.7 Å². The van der Waals surface area contributed by atoms with Crippen molar-refractivity contribution in [1.82, 2.24) is 10.3 Å². The minimum absolute atomic E-state index is 0.00717. The van der Waals surface area contributed by atoms with Crippen LogP contribution in [0.3, 0.4) is 0 Å². The maximum absolute atomic E-state index is 12.7. The van der Waals surface area contributed by atoms with Gasteiger partial charge in [0.15, 0.2) is 0 Å². The Hall–Kier alpha value is -3.47. The van der Waals surface area contributed by atoms with Crippen molar-refractivity contribution in [1.29, 1.82) is 0 Å². The fourth-order valence-electron chi connectivity index (χ4n) is 3.19. The SMILES string of the molecule is O=C(NCc1cccnc1)C1=NN(c2ccccc2)C(c2ccccc2)C1. The van der Waals surface area contributed by atoms with E-state index in [0.29, 0.717) is 18.7 Å². The Balaban J connectivity index is 1.55. The number of aromatic nitrogens is 1. The van der Waals surface area contributed by atoms with Crippen molar-refractivity contribution in [2.75, 3.05) is 5.01 Å². The lowest BCUT2D eigenvalue weighted by Gasteiger charge is -2.23. The van der Waals surface area contributed by atoms with Gasteiger partial charge >= 0.3 is 0 Å². The molecule has 1 aromatic heterocycles. The molecule has 27 heavy (non-hydrogen) atoms. The summed E-state index contributed by atoms with van der Waals surface area (Å²) in [5, 5.41) is 9.54. The Labute approximate surface area is 158 Å². The summed E-state index contributed by atoms with van der Waals surface area (Å²) in [5.74, 6) is -0.141. The molecule has 1 unspecified atom stereocenters. The molecule has 2 heterocycles. The van der Waals surface area contributed by atoms with Crippen LogP contribution in [-0.2, 0) is 11.3 Å². The smallest absolute Gasteiger partial charge is 0.267 e. The summed E-state index contributed by atoms with van der Waals surface area (Å²) < 4.78 is 0. The molecule has 1 atom stereocenters. The van der Waals surface area contributed by atoms with Crippen LogP contribution in [0.5, 0.6) is 0 Å². The highest BCUT2D eigenvalue weighted by molar-refractivity contribution is 6.39. The zero-order chi connectivity index (χ0) is 18.5. The monoisotopic (exact) mass is 356 g/mol. The Kier molecular flexibility index (Phi) is 4.92. The largest absolute Gasteiger partial charge is 0.347 e. The van der Waals surface area contributed by atoms with Gasteiger partial charge in [0.2, 0.25) is 0 Å². The quantitative estimate of drug-likeness (QED) is 0.758. The molecule has 0 fully saturated rings. The van der Waals surface area contributed by atoms with Crippen molar-refractivity contribution >= 4 is 17.3 Å². The number of benzene rings is 2. The van der Waals surface area contributed by atoms with Gasteiger partial charge in [-0.25, -0.2) is 0 Å². The topological polar surface area (TPSA) is 57.6 Å². The molecule has 2 aromatic carbocycles. The number of para-hydroxylation sites is 1. The van der Waals surface area contributed by atoms with E-state index in [0.717, 1.165) is 16.8 Å². The molecular weight excluding hydrogens is 336 g/mol. The van der Waals surface area contributed by atoms with E-state index in [9.17, 15) is 4.79 Å². The molecule has 0 saturated carbocycles. The van der Waals surface area contributed by atoms with Crippen molar-refractivity contribution in [3.05, 3.63) is 96.3 Å². The first-order valence-corrected chi connectivity index (χ1v) is 8.95. The van der Waals surface area contributed by atoms with E-state index in [1.165, 1.54) is 0 Å². The lowest BCUT2D eigenvalue weighted by molar-refractivity contribution is -0.115. The molecule has 4 rings (SSSR count). The number of carbonyl (C=O) groups is 1. The molecular formula is C22H20N4O. The predicted molar refractivity (Wildman–Crippen MR) is 106 cm³/mol. The molecule has 0 radical (unpaired) electrons. The van der Waals surface area contributed by atoms with Crippen molar-refractivity contribution < 1.29 is 4.79 Å². The van der Waals surface area contributed by atoms with E-state index in [4.69, 9.17) is 0 Å². The molecule has 1 N–H and O–H groups in total. The van der Waals surface area contributed by atoms with Gasteiger partial charge < -0.3 is 5.32 Å². The molecule has 1 amide bonds. The van der Waals surface area contributed by atoms with Crippen LogP contribution < -0.4 is 10.3 Å². The number of carbonyl (C=O) groups excluding carboxylic acids is 1. The average molecular weight is 356 g/mol. The normalized spacial score (nSPS) is 16.1. The zero-order valence-corrected chi connectivity index (χ0v) is 14.8. The first-order valence-electron chi connectivity index (χ1n) is 8.95.